The van der Waals surface area contributed by atoms with Crippen LogP contribution in [0.1, 0.15) is 50.5 Å². The Bertz CT molecular complexity index is 681. The maximum atomic E-state index is 12.4. The molecule has 1 aromatic carbocycles. The van der Waals surface area contributed by atoms with E-state index in [2.05, 4.69) is 16.0 Å². The first-order chi connectivity index (χ1) is 14.1. The van der Waals surface area contributed by atoms with E-state index in [1.165, 1.54) is 6.42 Å². The van der Waals surface area contributed by atoms with E-state index in [9.17, 15) is 14.4 Å². The first kappa shape index (κ1) is 21.3. The van der Waals surface area contributed by atoms with Gasteiger partial charge in [-0.1, -0.05) is 49.6 Å². The van der Waals surface area contributed by atoms with Crippen LogP contribution in [0.4, 0.5) is 4.79 Å². The van der Waals surface area contributed by atoms with Gasteiger partial charge in [0, 0.05) is 18.5 Å². The molecule has 1 aromatic rings. The van der Waals surface area contributed by atoms with Crippen molar-refractivity contribution in [3.05, 3.63) is 35.9 Å². The number of rotatable bonds is 6. The summed E-state index contributed by atoms with van der Waals surface area (Å²) in [5.41, 5.74) is 1.08. The molecule has 3 rings (SSSR count). The number of nitrogens with zero attached hydrogens (tertiary/aromatic N) is 1. The van der Waals surface area contributed by atoms with Crippen LogP contribution >= 0.6 is 0 Å². The number of hydrogen-bond acceptors (Lipinski definition) is 4. The summed E-state index contributed by atoms with van der Waals surface area (Å²) in [6, 6.07) is 9.65. The smallest absolute Gasteiger partial charge is 0.321 e. The quantitative estimate of drug-likeness (QED) is 0.683. The van der Waals surface area contributed by atoms with E-state index >= 15 is 0 Å². The van der Waals surface area contributed by atoms with Crippen LogP contribution in [0.25, 0.3) is 0 Å². The first-order valence-corrected chi connectivity index (χ1v) is 10.7. The molecule has 7 heteroatoms. The number of likely N-dealkylation sites (tertiary alicyclic amines) is 1. The molecule has 0 atom stereocenters. The van der Waals surface area contributed by atoms with E-state index in [-0.39, 0.29) is 30.3 Å². The average Bonchev–Trinajstić information content (AvgIpc) is 2.74. The summed E-state index contributed by atoms with van der Waals surface area (Å²) >= 11 is 0. The fourth-order valence-corrected chi connectivity index (χ4v) is 4.12. The minimum absolute atomic E-state index is 0.0207. The van der Waals surface area contributed by atoms with Gasteiger partial charge in [-0.25, -0.2) is 4.79 Å². The molecule has 1 aliphatic heterocycles. The highest BCUT2D eigenvalue weighted by Gasteiger charge is 2.26. The predicted molar refractivity (Wildman–Crippen MR) is 111 cm³/mol. The van der Waals surface area contributed by atoms with Crippen molar-refractivity contribution in [1.82, 2.24) is 20.9 Å². The van der Waals surface area contributed by atoms with Crippen LogP contribution in [-0.4, -0.2) is 48.4 Å². The molecule has 1 aliphatic carbocycles. The highest BCUT2D eigenvalue weighted by atomic mass is 16.2. The van der Waals surface area contributed by atoms with Gasteiger partial charge in [0.05, 0.1) is 6.54 Å². The highest BCUT2D eigenvalue weighted by molar-refractivity contribution is 5.95. The van der Waals surface area contributed by atoms with Gasteiger partial charge in [0.15, 0.2) is 0 Å². The van der Waals surface area contributed by atoms with Crippen molar-refractivity contribution < 1.29 is 14.4 Å². The van der Waals surface area contributed by atoms with Gasteiger partial charge >= 0.3 is 6.03 Å². The summed E-state index contributed by atoms with van der Waals surface area (Å²) in [6.45, 7) is 2.09. The van der Waals surface area contributed by atoms with E-state index in [0.29, 0.717) is 19.6 Å². The lowest BCUT2D eigenvalue weighted by molar-refractivity contribution is -0.126. The monoisotopic (exact) mass is 400 g/mol. The molecule has 0 unspecified atom stereocenters. The summed E-state index contributed by atoms with van der Waals surface area (Å²) < 4.78 is 0. The van der Waals surface area contributed by atoms with Gasteiger partial charge in [-0.05, 0) is 44.3 Å². The molecule has 0 aromatic heterocycles. The average molecular weight is 401 g/mol. The maximum Gasteiger partial charge on any atom is 0.321 e. The third kappa shape index (κ3) is 7.16. The molecule has 0 spiro atoms. The number of benzene rings is 1. The lowest BCUT2D eigenvalue weighted by Gasteiger charge is -2.30. The van der Waals surface area contributed by atoms with Crippen molar-refractivity contribution in [1.29, 1.82) is 0 Å². The molecule has 1 heterocycles. The summed E-state index contributed by atoms with van der Waals surface area (Å²) in [5, 5.41) is 8.33. The van der Waals surface area contributed by atoms with E-state index in [4.69, 9.17) is 0 Å². The Morgan fingerprint density at radius 3 is 2.31 bits per heavy atom. The van der Waals surface area contributed by atoms with E-state index in [1.807, 2.05) is 35.2 Å². The Morgan fingerprint density at radius 2 is 1.62 bits per heavy atom. The lowest BCUT2D eigenvalue weighted by Crippen LogP contribution is -2.49. The Balaban J connectivity index is 1.32. The number of carbonyl (C=O) groups excluding carboxylic acids is 3. The van der Waals surface area contributed by atoms with Crippen molar-refractivity contribution >= 4 is 17.8 Å². The topological polar surface area (TPSA) is 90.5 Å². The molecule has 4 amide bonds. The Labute approximate surface area is 172 Å². The van der Waals surface area contributed by atoms with Crippen LogP contribution in [0.3, 0.4) is 0 Å². The van der Waals surface area contributed by atoms with Crippen LogP contribution in [-0.2, 0) is 16.1 Å². The fraction of sp³-hybridized carbons (Fsp3) is 0.591. The van der Waals surface area contributed by atoms with Crippen molar-refractivity contribution in [2.75, 3.05) is 19.6 Å². The second kappa shape index (κ2) is 11.0. The van der Waals surface area contributed by atoms with Crippen LogP contribution < -0.4 is 16.0 Å². The molecule has 0 radical (unpaired) electrons. The molecular weight excluding hydrogens is 368 g/mol. The molecule has 2 fully saturated rings. The highest BCUT2D eigenvalue weighted by Crippen LogP contribution is 2.18. The first-order valence-electron chi connectivity index (χ1n) is 10.7. The molecule has 0 bridgehead atoms. The van der Waals surface area contributed by atoms with Crippen LogP contribution in [0.15, 0.2) is 30.3 Å². The third-order valence-corrected chi connectivity index (χ3v) is 5.83. The van der Waals surface area contributed by atoms with Gasteiger partial charge in [0.1, 0.15) is 0 Å². The number of hydrogen-bond donors (Lipinski definition) is 3. The predicted octanol–water partition coefficient (Wildman–Crippen LogP) is 2.17. The molecule has 158 valence electrons. The molecule has 2 aliphatic rings. The van der Waals surface area contributed by atoms with Crippen molar-refractivity contribution in [3.63, 3.8) is 0 Å². The summed E-state index contributed by atoms with van der Waals surface area (Å²) in [5.74, 6) is -0.234. The van der Waals surface area contributed by atoms with Gasteiger partial charge in [0.2, 0.25) is 11.8 Å². The number of amides is 4. The zero-order chi connectivity index (χ0) is 20.5. The minimum Gasteiger partial charge on any atom is -0.352 e. The van der Waals surface area contributed by atoms with Crippen molar-refractivity contribution in [3.8, 4) is 0 Å². The van der Waals surface area contributed by atoms with E-state index in [1.54, 1.807) is 0 Å². The molecule has 29 heavy (non-hydrogen) atoms. The summed E-state index contributed by atoms with van der Waals surface area (Å²) in [6.07, 6.45) is 6.91. The Hall–Kier alpha value is -2.41. The number of nitrogens with one attached hydrogen (secondary N) is 3. The lowest BCUT2D eigenvalue weighted by atomic mass is 9.95. The molecule has 7 nitrogen and oxygen atoms in total. The van der Waals surface area contributed by atoms with Gasteiger partial charge in [-0.3, -0.25) is 19.8 Å². The van der Waals surface area contributed by atoms with Gasteiger partial charge in [-0.2, -0.15) is 0 Å². The molecule has 1 saturated heterocycles. The van der Waals surface area contributed by atoms with Crippen molar-refractivity contribution in [2.24, 2.45) is 5.92 Å². The largest absolute Gasteiger partial charge is 0.352 e. The van der Waals surface area contributed by atoms with Gasteiger partial charge < -0.3 is 10.6 Å². The second-order valence-electron chi connectivity index (χ2n) is 8.11. The fourth-order valence-electron chi connectivity index (χ4n) is 4.12. The third-order valence-electron chi connectivity index (χ3n) is 5.83. The number of piperidine rings is 1. The van der Waals surface area contributed by atoms with Crippen LogP contribution in [0.2, 0.25) is 0 Å². The standard InChI is InChI=1S/C22H32N4O3/c27-20(25-22(29)24-19-9-5-2-6-10-19)16-26-13-11-18(12-14-26)21(28)23-15-17-7-3-1-4-8-17/h1,3-4,7-8,18-19H,2,5-6,9-16H2,(H,23,28)(H2,24,25,27,29). The van der Waals surface area contributed by atoms with Crippen LogP contribution in [0.5, 0.6) is 0 Å². The maximum absolute atomic E-state index is 12.4. The van der Waals surface area contributed by atoms with Gasteiger partial charge in [-0.15, -0.1) is 0 Å². The second-order valence-corrected chi connectivity index (χ2v) is 8.11. The number of imide groups is 1. The Kier molecular flexibility index (Phi) is 8.04. The van der Waals surface area contributed by atoms with Crippen molar-refractivity contribution in [2.45, 2.75) is 57.5 Å². The number of urea groups is 1. The molecule has 3 N–H and O–H groups in total. The summed E-state index contributed by atoms with van der Waals surface area (Å²) in [4.78, 5) is 38.5. The zero-order valence-corrected chi connectivity index (χ0v) is 17.0. The van der Waals surface area contributed by atoms with Crippen LogP contribution in [0, 0.1) is 5.92 Å². The summed E-state index contributed by atoms with van der Waals surface area (Å²) in [7, 11) is 0. The van der Waals surface area contributed by atoms with E-state index < -0.39 is 6.03 Å². The normalized spacial score (nSPS) is 18.8. The minimum atomic E-state index is -0.392. The van der Waals surface area contributed by atoms with E-state index in [0.717, 1.165) is 44.1 Å². The zero-order valence-electron chi connectivity index (χ0n) is 17.0. The molecular formula is C22H32N4O3. The number of carbonyl (C=O) groups is 3. The van der Waals surface area contributed by atoms with Gasteiger partial charge in [0.25, 0.3) is 0 Å². The SMILES string of the molecule is O=C(CN1CCC(C(=O)NCc2ccccc2)CC1)NC(=O)NC1CCCCC1. The Morgan fingerprint density at radius 1 is 0.931 bits per heavy atom. The molecule has 1 saturated carbocycles.